The van der Waals surface area contributed by atoms with Crippen molar-refractivity contribution in [2.45, 2.75) is 39.2 Å². The Balaban J connectivity index is 1.46. The Labute approximate surface area is 162 Å². The summed E-state index contributed by atoms with van der Waals surface area (Å²) in [6.07, 6.45) is 2.80. The van der Waals surface area contributed by atoms with Crippen molar-refractivity contribution < 1.29 is 9.53 Å². The Morgan fingerprint density at radius 3 is 2.70 bits per heavy atom. The van der Waals surface area contributed by atoms with Gasteiger partial charge >= 0.3 is 0 Å². The Morgan fingerprint density at radius 1 is 1.19 bits per heavy atom. The fourth-order valence-corrected chi connectivity index (χ4v) is 3.24. The highest BCUT2D eigenvalue weighted by Gasteiger charge is 2.24. The third-order valence-electron chi connectivity index (χ3n) is 4.49. The fraction of sp³-hybridized carbons (Fsp3) is 0.286. The maximum Gasteiger partial charge on any atom is 0.298 e. The number of carbonyl (C=O) groups excluding carboxylic acids is 1. The molecule has 1 aliphatic rings. The molecule has 1 aliphatic carbocycles. The number of nitrogens with zero attached hydrogens (tertiary/aromatic N) is 2. The lowest BCUT2D eigenvalue weighted by Crippen LogP contribution is -2.25. The molecule has 6 heteroatoms. The molecule has 3 aromatic rings. The van der Waals surface area contributed by atoms with Crippen LogP contribution in [0, 0.1) is 13.8 Å². The normalized spacial score (nSPS) is 13.4. The van der Waals surface area contributed by atoms with Crippen LogP contribution in [0.1, 0.15) is 45.7 Å². The summed E-state index contributed by atoms with van der Waals surface area (Å²) in [4.78, 5) is 16.7. The standard InChI is InChI=1S/C21H21N3O2S/c1-13-3-6-15(7-4-13)11-19-23-21(27-24-19)26-18-12-16(8-5-14(18)2)20(25)22-17-9-10-17/h3-8,12,17H,9-11H2,1-2H3,(H,22,25). The summed E-state index contributed by atoms with van der Waals surface area (Å²) in [5.74, 6) is 1.32. The summed E-state index contributed by atoms with van der Waals surface area (Å²) in [7, 11) is 0. The summed E-state index contributed by atoms with van der Waals surface area (Å²) < 4.78 is 10.3. The van der Waals surface area contributed by atoms with Gasteiger partial charge in [-0.3, -0.25) is 4.79 Å². The van der Waals surface area contributed by atoms with Crippen LogP contribution in [-0.2, 0) is 6.42 Å². The average Bonchev–Trinajstić information content (AvgIpc) is 3.36. The van der Waals surface area contributed by atoms with Crippen molar-refractivity contribution in [1.82, 2.24) is 14.7 Å². The molecule has 5 nitrogen and oxygen atoms in total. The molecule has 1 fully saturated rings. The van der Waals surface area contributed by atoms with Gasteiger partial charge in [-0.15, -0.1) is 0 Å². The highest BCUT2D eigenvalue weighted by atomic mass is 32.1. The van der Waals surface area contributed by atoms with Gasteiger partial charge in [0.2, 0.25) is 0 Å². The molecular weight excluding hydrogens is 358 g/mol. The number of rotatable bonds is 6. The molecular formula is C21H21N3O2S. The minimum Gasteiger partial charge on any atom is -0.430 e. The zero-order valence-electron chi connectivity index (χ0n) is 15.4. The van der Waals surface area contributed by atoms with E-state index in [1.165, 1.54) is 22.7 Å². The minimum absolute atomic E-state index is 0.0559. The van der Waals surface area contributed by atoms with Crippen LogP contribution in [-0.4, -0.2) is 21.3 Å². The van der Waals surface area contributed by atoms with Gasteiger partial charge in [0.1, 0.15) is 5.75 Å². The number of benzene rings is 2. The topological polar surface area (TPSA) is 64.1 Å². The molecule has 1 heterocycles. The van der Waals surface area contributed by atoms with Crippen LogP contribution in [0.15, 0.2) is 42.5 Å². The van der Waals surface area contributed by atoms with Crippen molar-refractivity contribution in [3.05, 3.63) is 70.5 Å². The van der Waals surface area contributed by atoms with E-state index in [2.05, 4.69) is 45.9 Å². The van der Waals surface area contributed by atoms with E-state index >= 15 is 0 Å². The molecule has 0 spiro atoms. The van der Waals surface area contributed by atoms with Crippen molar-refractivity contribution in [1.29, 1.82) is 0 Å². The highest BCUT2D eigenvalue weighted by Crippen LogP contribution is 2.28. The monoisotopic (exact) mass is 379 g/mol. The van der Waals surface area contributed by atoms with Crippen molar-refractivity contribution >= 4 is 17.4 Å². The zero-order valence-corrected chi connectivity index (χ0v) is 16.2. The molecule has 1 N–H and O–H groups in total. The number of hydrogen-bond acceptors (Lipinski definition) is 5. The summed E-state index contributed by atoms with van der Waals surface area (Å²) in [6.45, 7) is 4.02. The quantitative estimate of drug-likeness (QED) is 0.688. The Kier molecular flexibility index (Phi) is 4.90. The molecule has 1 saturated carbocycles. The van der Waals surface area contributed by atoms with Crippen molar-refractivity contribution in [3.8, 4) is 10.9 Å². The van der Waals surface area contributed by atoms with Crippen LogP contribution in [0.5, 0.6) is 10.9 Å². The predicted molar refractivity (Wildman–Crippen MR) is 106 cm³/mol. The van der Waals surface area contributed by atoms with E-state index in [9.17, 15) is 4.79 Å². The first kappa shape index (κ1) is 17.7. The summed E-state index contributed by atoms with van der Waals surface area (Å²) in [5.41, 5.74) is 3.95. The minimum atomic E-state index is -0.0559. The van der Waals surface area contributed by atoms with Gasteiger partial charge in [0.05, 0.1) is 0 Å². The second kappa shape index (κ2) is 7.48. The lowest BCUT2D eigenvalue weighted by Gasteiger charge is -2.08. The number of aryl methyl sites for hydroxylation is 2. The SMILES string of the molecule is Cc1ccc(Cc2nsc(Oc3cc(C(=O)NC4CC4)ccc3C)n2)cc1. The van der Waals surface area contributed by atoms with Gasteiger partial charge in [0.25, 0.3) is 11.1 Å². The molecule has 0 radical (unpaired) electrons. The van der Waals surface area contributed by atoms with Gasteiger partial charge in [-0.2, -0.15) is 9.36 Å². The number of ether oxygens (including phenoxy) is 1. The van der Waals surface area contributed by atoms with Gasteiger partial charge in [0, 0.05) is 29.6 Å². The Bertz CT molecular complexity index is 962. The smallest absolute Gasteiger partial charge is 0.298 e. The number of hydrogen-bond donors (Lipinski definition) is 1. The maximum absolute atomic E-state index is 12.3. The maximum atomic E-state index is 12.3. The number of amides is 1. The third-order valence-corrected chi connectivity index (χ3v) is 5.13. The molecule has 1 aromatic heterocycles. The summed E-state index contributed by atoms with van der Waals surface area (Å²) in [6, 6.07) is 14.2. The molecule has 27 heavy (non-hydrogen) atoms. The largest absolute Gasteiger partial charge is 0.430 e. The Morgan fingerprint density at radius 2 is 1.96 bits per heavy atom. The lowest BCUT2D eigenvalue weighted by atomic mass is 10.1. The zero-order chi connectivity index (χ0) is 18.8. The van der Waals surface area contributed by atoms with Gasteiger partial charge in [-0.1, -0.05) is 35.9 Å². The van der Waals surface area contributed by atoms with Crippen LogP contribution in [0.3, 0.4) is 0 Å². The fourth-order valence-electron chi connectivity index (χ4n) is 2.68. The third kappa shape index (κ3) is 4.52. The lowest BCUT2D eigenvalue weighted by molar-refractivity contribution is 0.0950. The van der Waals surface area contributed by atoms with Crippen LogP contribution < -0.4 is 10.1 Å². The molecule has 0 atom stereocenters. The highest BCUT2D eigenvalue weighted by molar-refractivity contribution is 7.07. The first-order valence-electron chi connectivity index (χ1n) is 9.04. The van der Waals surface area contributed by atoms with Crippen LogP contribution in [0.2, 0.25) is 0 Å². The second-order valence-electron chi connectivity index (χ2n) is 6.97. The molecule has 0 bridgehead atoms. The average molecular weight is 379 g/mol. The van der Waals surface area contributed by atoms with Gasteiger partial charge < -0.3 is 10.1 Å². The molecule has 4 rings (SSSR count). The molecule has 138 valence electrons. The Hall–Kier alpha value is -2.73. The van der Waals surface area contributed by atoms with Crippen molar-refractivity contribution in [2.75, 3.05) is 0 Å². The van der Waals surface area contributed by atoms with E-state index in [4.69, 9.17) is 4.74 Å². The first-order valence-corrected chi connectivity index (χ1v) is 9.81. The number of aromatic nitrogens is 2. The van der Waals surface area contributed by atoms with Gasteiger partial charge in [-0.05, 0) is 49.9 Å². The van der Waals surface area contributed by atoms with E-state index < -0.39 is 0 Å². The van der Waals surface area contributed by atoms with Crippen molar-refractivity contribution in [3.63, 3.8) is 0 Å². The molecule has 0 saturated heterocycles. The molecule has 2 aromatic carbocycles. The van der Waals surface area contributed by atoms with Crippen LogP contribution in [0.4, 0.5) is 0 Å². The number of carbonyl (C=O) groups is 1. The van der Waals surface area contributed by atoms with Gasteiger partial charge in [-0.25, -0.2) is 0 Å². The summed E-state index contributed by atoms with van der Waals surface area (Å²) in [5, 5.41) is 3.48. The molecule has 0 unspecified atom stereocenters. The van der Waals surface area contributed by atoms with Crippen LogP contribution in [0.25, 0.3) is 0 Å². The van der Waals surface area contributed by atoms with E-state index in [1.807, 2.05) is 19.1 Å². The van der Waals surface area contributed by atoms with Crippen LogP contribution >= 0.6 is 11.5 Å². The van der Waals surface area contributed by atoms with E-state index in [0.29, 0.717) is 29.0 Å². The van der Waals surface area contributed by atoms with E-state index in [0.717, 1.165) is 24.2 Å². The molecule has 1 amide bonds. The molecule has 0 aliphatic heterocycles. The predicted octanol–water partition coefficient (Wildman–Crippen LogP) is 4.43. The first-order chi connectivity index (χ1) is 13.1. The van der Waals surface area contributed by atoms with Gasteiger partial charge in [0.15, 0.2) is 5.82 Å². The number of nitrogens with one attached hydrogen (secondary N) is 1. The van der Waals surface area contributed by atoms with Crippen molar-refractivity contribution in [2.24, 2.45) is 0 Å². The second-order valence-corrected chi connectivity index (χ2v) is 7.68. The van der Waals surface area contributed by atoms with E-state index in [1.54, 1.807) is 6.07 Å². The summed E-state index contributed by atoms with van der Waals surface area (Å²) >= 11 is 1.23. The van der Waals surface area contributed by atoms with E-state index in [-0.39, 0.29) is 5.91 Å².